The molecule has 0 fully saturated rings. The van der Waals surface area contributed by atoms with Gasteiger partial charge in [-0.15, -0.1) is 0 Å². The monoisotopic (exact) mass is 314 g/mol. The third-order valence-electron chi connectivity index (χ3n) is 2.62. The van der Waals surface area contributed by atoms with Gasteiger partial charge in [0.1, 0.15) is 5.75 Å². The number of benzene rings is 1. The second kappa shape index (κ2) is 8.76. The molecule has 0 radical (unpaired) electrons. The van der Waals surface area contributed by atoms with E-state index in [-0.39, 0.29) is 25.2 Å². The zero-order chi connectivity index (χ0) is 16.5. The molecule has 0 heterocycles. The molecule has 1 aromatic rings. The first-order chi connectivity index (χ1) is 10.4. The number of ether oxygens (including phenoxy) is 2. The molecule has 0 aliphatic carbocycles. The van der Waals surface area contributed by atoms with Crippen LogP contribution in [0.1, 0.15) is 24.5 Å². The molecule has 0 amide bonds. The highest BCUT2D eigenvalue weighted by atomic mass is 19.3. The van der Waals surface area contributed by atoms with Crippen molar-refractivity contribution in [3.8, 4) is 5.75 Å². The van der Waals surface area contributed by atoms with Crippen molar-refractivity contribution in [3.63, 3.8) is 0 Å². The maximum Gasteiger partial charge on any atom is 0.387 e. The van der Waals surface area contributed by atoms with Crippen LogP contribution in [0, 0.1) is 0 Å². The third-order valence-corrected chi connectivity index (χ3v) is 2.62. The first kappa shape index (κ1) is 17.6. The fourth-order valence-corrected chi connectivity index (χ4v) is 1.75. The summed E-state index contributed by atoms with van der Waals surface area (Å²) in [6.07, 6.45) is 2.41. The first-order valence-electron chi connectivity index (χ1n) is 6.56. The number of hydrogen-bond acceptors (Lipinski definition) is 4. The molecule has 120 valence electrons. The van der Waals surface area contributed by atoms with Crippen LogP contribution in [0.4, 0.5) is 8.78 Å². The van der Waals surface area contributed by atoms with E-state index in [4.69, 9.17) is 9.84 Å². The molecule has 0 atom stereocenters. The summed E-state index contributed by atoms with van der Waals surface area (Å²) < 4.78 is 33.9. The Bertz CT molecular complexity index is 555. The van der Waals surface area contributed by atoms with Crippen molar-refractivity contribution >= 4 is 18.0 Å². The minimum absolute atomic E-state index is 0.0134. The molecular weight excluding hydrogens is 298 g/mol. The maximum atomic E-state index is 12.4. The van der Waals surface area contributed by atoms with E-state index in [0.717, 1.165) is 6.08 Å². The van der Waals surface area contributed by atoms with Crippen LogP contribution in [0.25, 0.3) is 6.08 Å². The van der Waals surface area contributed by atoms with E-state index < -0.39 is 18.6 Å². The van der Waals surface area contributed by atoms with Crippen LogP contribution in [-0.4, -0.2) is 30.3 Å². The number of hydrogen-bond donors (Lipinski definition) is 1. The van der Waals surface area contributed by atoms with Crippen LogP contribution in [0.2, 0.25) is 0 Å². The summed E-state index contributed by atoms with van der Waals surface area (Å²) in [5.74, 6) is -1.62. The minimum Gasteiger partial charge on any atom is -0.478 e. The molecule has 0 aromatic heterocycles. The Morgan fingerprint density at radius 1 is 1.36 bits per heavy atom. The predicted molar refractivity (Wildman–Crippen MR) is 74.7 cm³/mol. The van der Waals surface area contributed by atoms with Gasteiger partial charge in [0.05, 0.1) is 6.61 Å². The summed E-state index contributed by atoms with van der Waals surface area (Å²) in [4.78, 5) is 21.8. The van der Waals surface area contributed by atoms with Gasteiger partial charge in [-0.25, -0.2) is 4.79 Å². The Labute approximate surface area is 126 Å². The highest BCUT2D eigenvalue weighted by Gasteiger charge is 2.12. The van der Waals surface area contributed by atoms with E-state index in [1.165, 1.54) is 24.3 Å². The number of halogens is 2. The Morgan fingerprint density at radius 3 is 2.68 bits per heavy atom. The van der Waals surface area contributed by atoms with Crippen LogP contribution < -0.4 is 4.74 Å². The standard InChI is InChI=1S/C15H16F2O5/c1-2-21-14(20)8-5-11-9-10(4-7-13(18)19)3-6-12(11)22-15(16)17/h3-4,6-7,9,15H,2,5,8H2,1H3,(H,18,19)/b7-4+. The zero-order valence-corrected chi connectivity index (χ0v) is 11.9. The smallest absolute Gasteiger partial charge is 0.387 e. The number of carboxylic acids is 1. The molecular formula is C15H16F2O5. The lowest BCUT2D eigenvalue weighted by Crippen LogP contribution is -2.08. The third kappa shape index (κ3) is 6.34. The molecule has 7 heteroatoms. The molecule has 0 spiro atoms. The molecule has 1 rings (SSSR count). The number of carbonyl (C=O) groups is 2. The summed E-state index contributed by atoms with van der Waals surface area (Å²) in [6.45, 7) is -1.08. The lowest BCUT2D eigenvalue weighted by Gasteiger charge is -2.11. The number of rotatable bonds is 8. The minimum atomic E-state index is -2.98. The number of alkyl halides is 2. The molecule has 0 saturated heterocycles. The van der Waals surface area contributed by atoms with Crippen molar-refractivity contribution in [2.75, 3.05) is 6.61 Å². The molecule has 0 aliphatic heterocycles. The quantitative estimate of drug-likeness (QED) is 0.590. The maximum absolute atomic E-state index is 12.4. The molecule has 1 aromatic carbocycles. The van der Waals surface area contributed by atoms with Crippen LogP contribution in [-0.2, 0) is 20.7 Å². The zero-order valence-electron chi connectivity index (χ0n) is 11.9. The largest absolute Gasteiger partial charge is 0.478 e. The SMILES string of the molecule is CCOC(=O)CCc1cc(/C=C/C(=O)O)ccc1OC(F)F. The van der Waals surface area contributed by atoms with Crippen LogP contribution in [0.15, 0.2) is 24.3 Å². The van der Waals surface area contributed by atoms with Crippen LogP contribution in [0.5, 0.6) is 5.75 Å². The Hall–Kier alpha value is -2.44. The van der Waals surface area contributed by atoms with Gasteiger partial charge in [0.2, 0.25) is 0 Å². The Morgan fingerprint density at radius 2 is 2.09 bits per heavy atom. The van der Waals surface area contributed by atoms with E-state index in [2.05, 4.69) is 4.74 Å². The van der Waals surface area contributed by atoms with E-state index in [9.17, 15) is 18.4 Å². The van der Waals surface area contributed by atoms with Crippen molar-refractivity contribution in [2.24, 2.45) is 0 Å². The second-order valence-electron chi connectivity index (χ2n) is 4.22. The number of aryl methyl sites for hydroxylation is 1. The average Bonchev–Trinajstić information content (AvgIpc) is 2.44. The van der Waals surface area contributed by atoms with Gasteiger partial charge >= 0.3 is 18.6 Å². The van der Waals surface area contributed by atoms with Crippen molar-refractivity contribution in [1.82, 2.24) is 0 Å². The molecule has 0 aliphatic rings. The fourth-order valence-electron chi connectivity index (χ4n) is 1.75. The van der Waals surface area contributed by atoms with Gasteiger partial charge in [0.25, 0.3) is 0 Å². The van der Waals surface area contributed by atoms with Crippen LogP contribution >= 0.6 is 0 Å². The lowest BCUT2D eigenvalue weighted by molar-refractivity contribution is -0.143. The molecule has 1 N–H and O–H groups in total. The van der Waals surface area contributed by atoms with Gasteiger partial charge < -0.3 is 14.6 Å². The van der Waals surface area contributed by atoms with Gasteiger partial charge in [-0.2, -0.15) is 8.78 Å². The van der Waals surface area contributed by atoms with Crippen LogP contribution in [0.3, 0.4) is 0 Å². The van der Waals surface area contributed by atoms with Gasteiger partial charge in [-0.3, -0.25) is 4.79 Å². The summed E-state index contributed by atoms with van der Waals surface area (Å²) in [6, 6.07) is 4.26. The van der Waals surface area contributed by atoms with E-state index in [1.807, 2.05) is 0 Å². The molecule has 0 saturated carbocycles. The molecule has 5 nitrogen and oxygen atoms in total. The number of esters is 1. The summed E-state index contributed by atoms with van der Waals surface area (Å²) >= 11 is 0. The lowest BCUT2D eigenvalue weighted by atomic mass is 10.0. The summed E-state index contributed by atoms with van der Waals surface area (Å²) in [5.41, 5.74) is 0.878. The Balaban J connectivity index is 2.93. The predicted octanol–water partition coefficient (Wildman–Crippen LogP) is 2.88. The molecule has 22 heavy (non-hydrogen) atoms. The number of carboxylic acid groups (broad SMARTS) is 1. The molecule has 0 bridgehead atoms. The van der Waals surface area contributed by atoms with Crippen molar-refractivity contribution in [2.45, 2.75) is 26.4 Å². The Kier molecular flexibility index (Phi) is 7.01. The first-order valence-corrected chi connectivity index (χ1v) is 6.56. The summed E-state index contributed by atoms with van der Waals surface area (Å²) in [5, 5.41) is 8.58. The van der Waals surface area contributed by atoms with E-state index >= 15 is 0 Å². The molecule has 0 unspecified atom stereocenters. The number of carbonyl (C=O) groups excluding carboxylic acids is 1. The van der Waals surface area contributed by atoms with Crippen molar-refractivity contribution < 1.29 is 33.0 Å². The normalized spacial score (nSPS) is 10.9. The topological polar surface area (TPSA) is 72.8 Å². The fraction of sp³-hybridized carbons (Fsp3) is 0.333. The van der Waals surface area contributed by atoms with E-state index in [0.29, 0.717) is 11.1 Å². The van der Waals surface area contributed by atoms with Gasteiger partial charge in [0, 0.05) is 12.5 Å². The van der Waals surface area contributed by atoms with Gasteiger partial charge in [-0.05, 0) is 42.7 Å². The van der Waals surface area contributed by atoms with Gasteiger partial charge in [0.15, 0.2) is 0 Å². The highest BCUT2D eigenvalue weighted by Crippen LogP contribution is 2.24. The van der Waals surface area contributed by atoms with Gasteiger partial charge in [-0.1, -0.05) is 6.07 Å². The highest BCUT2D eigenvalue weighted by molar-refractivity contribution is 5.85. The summed E-state index contributed by atoms with van der Waals surface area (Å²) in [7, 11) is 0. The average molecular weight is 314 g/mol. The van der Waals surface area contributed by atoms with Crippen molar-refractivity contribution in [1.29, 1.82) is 0 Å². The second-order valence-corrected chi connectivity index (χ2v) is 4.22. The van der Waals surface area contributed by atoms with Crippen molar-refractivity contribution in [3.05, 3.63) is 35.4 Å². The number of aliphatic carboxylic acids is 1. The van der Waals surface area contributed by atoms with E-state index in [1.54, 1.807) is 6.92 Å².